The number of hydrazine groups is 1. The third-order valence-corrected chi connectivity index (χ3v) is 1.06. The Kier molecular flexibility index (Phi) is 5.53. The van der Waals surface area contributed by atoms with Crippen molar-refractivity contribution in [3.63, 3.8) is 0 Å². The maximum Gasteiger partial charge on any atom is 0.310 e. The topological polar surface area (TPSA) is 86.0 Å². The van der Waals surface area contributed by atoms with E-state index in [1.807, 2.05) is 5.59 Å². The predicted octanol–water partition coefficient (Wildman–Crippen LogP) is 0.172. The van der Waals surface area contributed by atoms with E-state index in [9.17, 15) is 10.0 Å². The van der Waals surface area contributed by atoms with Crippen LogP contribution in [0.15, 0.2) is 5.11 Å². The van der Waals surface area contributed by atoms with Crippen LogP contribution >= 0.6 is 0 Å². The zero-order valence-corrected chi connectivity index (χ0v) is 7.81. The van der Waals surface area contributed by atoms with Crippen LogP contribution in [0.2, 0.25) is 0 Å². The van der Waals surface area contributed by atoms with Crippen molar-refractivity contribution in [1.82, 2.24) is 5.59 Å². The van der Waals surface area contributed by atoms with Crippen LogP contribution in [0.1, 0.15) is 13.8 Å². The largest absolute Gasteiger partial charge is 0.570 e. The van der Waals surface area contributed by atoms with Gasteiger partial charge >= 0.3 is 5.97 Å². The highest BCUT2D eigenvalue weighted by molar-refractivity contribution is 5.71. The maximum atomic E-state index is 10.8. The Morgan fingerprint density at radius 1 is 1.69 bits per heavy atom. The van der Waals surface area contributed by atoms with E-state index in [4.69, 9.17) is 0 Å². The molecule has 0 aromatic carbocycles. The summed E-state index contributed by atoms with van der Waals surface area (Å²) >= 11 is 0. The minimum Gasteiger partial charge on any atom is -0.570 e. The van der Waals surface area contributed by atoms with Gasteiger partial charge in [0.2, 0.25) is 6.79 Å². The van der Waals surface area contributed by atoms with Gasteiger partial charge in [0.1, 0.15) is 0 Å². The zero-order valence-electron chi connectivity index (χ0n) is 7.81. The summed E-state index contributed by atoms with van der Waals surface area (Å²) < 4.78 is 4.57. The third-order valence-electron chi connectivity index (χ3n) is 1.06. The Morgan fingerprint density at radius 2 is 2.31 bits per heavy atom. The quantitative estimate of drug-likeness (QED) is 0.167. The Morgan fingerprint density at radius 3 is 2.77 bits per heavy atom. The van der Waals surface area contributed by atoms with Crippen LogP contribution in [0.3, 0.4) is 0 Å². The number of rotatable bonds is 5. The van der Waals surface area contributed by atoms with Crippen LogP contribution in [0, 0.1) is 11.1 Å². The summed E-state index contributed by atoms with van der Waals surface area (Å²) in [6.45, 7) is 3.05. The van der Waals surface area contributed by atoms with Gasteiger partial charge in [0, 0.05) is 0 Å². The van der Waals surface area contributed by atoms with Crippen LogP contribution in [0.5, 0.6) is 0 Å². The predicted molar refractivity (Wildman–Crippen MR) is 42.0 cm³/mol. The number of nitrogens with zero attached hydrogens (tertiary/aromatic N) is 2. The summed E-state index contributed by atoms with van der Waals surface area (Å²) in [6, 6.07) is 0. The molecule has 0 aliphatic heterocycles. The first kappa shape index (κ1) is 11.6. The summed E-state index contributed by atoms with van der Waals surface area (Å²) in [5.41, 5.74) is 1.86. The summed E-state index contributed by atoms with van der Waals surface area (Å²) in [5.74, 6) is -0.615. The molecule has 0 bridgehead atoms. The zero-order chi connectivity index (χ0) is 10.3. The van der Waals surface area contributed by atoms with Crippen LogP contribution in [-0.4, -0.2) is 24.8 Å². The number of esters is 1. The molecule has 13 heavy (non-hydrogen) atoms. The van der Waals surface area contributed by atoms with Gasteiger partial charge < -0.3 is 9.94 Å². The van der Waals surface area contributed by atoms with E-state index in [0.717, 1.165) is 0 Å². The molecule has 0 saturated carbocycles. The van der Waals surface area contributed by atoms with E-state index >= 15 is 0 Å². The molecule has 76 valence electrons. The first-order valence-electron chi connectivity index (χ1n) is 3.69. The van der Waals surface area contributed by atoms with Crippen LogP contribution < -0.4 is 5.59 Å². The van der Waals surface area contributed by atoms with Crippen molar-refractivity contribution in [2.45, 2.75) is 13.8 Å². The lowest BCUT2D eigenvalue weighted by Gasteiger charge is -2.06. The number of hydrogen-bond donors (Lipinski definition) is 1. The third kappa shape index (κ3) is 5.85. The Hall–Kier alpha value is -1.37. The Bertz CT molecular complexity index is 192. The molecule has 0 unspecified atom stereocenters. The van der Waals surface area contributed by atoms with Gasteiger partial charge in [-0.05, 0) is 10.7 Å². The van der Waals surface area contributed by atoms with Gasteiger partial charge in [-0.1, -0.05) is 13.8 Å². The van der Waals surface area contributed by atoms with Crippen molar-refractivity contribution in [3.8, 4) is 0 Å². The Labute approximate surface area is 75.8 Å². The number of carbonyl (C=O) groups excluding carboxylic acids is 1. The normalized spacial score (nSPS) is 11.5. The lowest BCUT2D eigenvalue weighted by molar-refractivity contribution is -0.647. The second kappa shape index (κ2) is 6.18. The SMILES string of the molecule is CN=[N+]([O-])NOCOC(=O)C(C)C. The minimum absolute atomic E-state index is 0.100. The second-order valence-electron chi connectivity index (χ2n) is 2.44. The molecular weight excluding hydrogens is 178 g/mol. The average Bonchev–Trinajstić information content (AvgIpc) is 2.11. The van der Waals surface area contributed by atoms with Gasteiger partial charge in [-0.3, -0.25) is 4.79 Å². The standard InChI is InChI=1S/C6H13N3O4/c1-5(2)6(10)12-4-13-8-9(11)7-3/h5H,4H2,1-3H3,(H,7,8). The minimum atomic E-state index is -0.396. The van der Waals surface area contributed by atoms with E-state index in [2.05, 4.69) is 14.7 Å². The highest BCUT2D eigenvalue weighted by Gasteiger charge is 2.07. The lowest BCUT2D eigenvalue weighted by atomic mass is 10.2. The number of hydrogen-bond acceptors (Lipinski definition) is 5. The summed E-state index contributed by atoms with van der Waals surface area (Å²) in [6.07, 6.45) is 0. The molecule has 0 aliphatic rings. The van der Waals surface area contributed by atoms with Gasteiger partial charge in [-0.15, -0.1) is 0 Å². The molecule has 0 aromatic rings. The molecule has 0 atom stereocenters. The van der Waals surface area contributed by atoms with E-state index in [1.165, 1.54) is 7.05 Å². The van der Waals surface area contributed by atoms with Crippen molar-refractivity contribution in [2.75, 3.05) is 13.8 Å². The lowest BCUT2D eigenvalue weighted by Crippen LogP contribution is -2.25. The highest BCUT2D eigenvalue weighted by Crippen LogP contribution is 1.94. The molecule has 0 spiro atoms. The average molecular weight is 191 g/mol. The number of nitrogens with one attached hydrogen (secondary N) is 1. The smallest absolute Gasteiger partial charge is 0.310 e. The summed E-state index contributed by atoms with van der Waals surface area (Å²) in [4.78, 5) is 15.3. The first-order valence-corrected chi connectivity index (χ1v) is 3.69. The first-order chi connectivity index (χ1) is 6.07. The van der Waals surface area contributed by atoms with Gasteiger partial charge in [0.25, 0.3) is 0 Å². The molecule has 0 heterocycles. The summed E-state index contributed by atoms with van der Waals surface area (Å²) in [5, 5.41) is 13.5. The van der Waals surface area contributed by atoms with Gasteiger partial charge in [-0.25, -0.2) is 0 Å². The molecule has 7 nitrogen and oxygen atoms in total. The van der Waals surface area contributed by atoms with Crippen molar-refractivity contribution in [3.05, 3.63) is 5.21 Å². The monoisotopic (exact) mass is 191 g/mol. The molecule has 0 aliphatic carbocycles. The molecule has 0 aromatic heterocycles. The molecule has 0 amide bonds. The number of carbonyl (C=O) groups is 1. The van der Waals surface area contributed by atoms with E-state index in [1.54, 1.807) is 13.8 Å². The van der Waals surface area contributed by atoms with E-state index in [-0.39, 0.29) is 17.7 Å². The Balaban J connectivity index is 3.41. The molecule has 0 rings (SSSR count). The molecule has 7 heteroatoms. The molecule has 1 N–H and O–H groups in total. The highest BCUT2D eigenvalue weighted by atomic mass is 16.8. The molecule has 0 radical (unpaired) electrons. The fourth-order valence-corrected chi connectivity index (χ4v) is 0.377. The fraction of sp³-hybridized carbons (Fsp3) is 0.833. The van der Waals surface area contributed by atoms with Crippen LogP contribution in [-0.2, 0) is 14.4 Å². The molecule has 0 fully saturated rings. The van der Waals surface area contributed by atoms with Crippen molar-refractivity contribution < 1.29 is 19.3 Å². The van der Waals surface area contributed by atoms with Gasteiger partial charge in [0.05, 0.1) is 17.9 Å². The van der Waals surface area contributed by atoms with Crippen molar-refractivity contribution in [2.24, 2.45) is 11.0 Å². The second-order valence-corrected chi connectivity index (χ2v) is 2.44. The van der Waals surface area contributed by atoms with Crippen molar-refractivity contribution >= 4 is 5.97 Å². The van der Waals surface area contributed by atoms with E-state index in [0.29, 0.717) is 0 Å². The van der Waals surface area contributed by atoms with E-state index < -0.39 is 5.97 Å². The van der Waals surface area contributed by atoms with Gasteiger partial charge in [-0.2, -0.15) is 4.84 Å². The van der Waals surface area contributed by atoms with Crippen molar-refractivity contribution in [1.29, 1.82) is 0 Å². The molecular formula is C6H13N3O4. The summed E-state index contributed by atoms with van der Waals surface area (Å²) in [7, 11) is 1.28. The fourth-order valence-electron chi connectivity index (χ4n) is 0.377. The number of ether oxygens (including phenoxy) is 1. The van der Waals surface area contributed by atoms with Crippen LogP contribution in [0.4, 0.5) is 0 Å². The maximum absolute atomic E-state index is 10.8. The van der Waals surface area contributed by atoms with Gasteiger partial charge in [0.15, 0.2) is 0 Å². The molecule has 0 saturated heterocycles. The van der Waals surface area contributed by atoms with Crippen LogP contribution in [0.25, 0.3) is 0 Å².